The molecule has 1 aliphatic heterocycles. The van der Waals surface area contributed by atoms with Crippen molar-refractivity contribution in [1.82, 2.24) is 4.90 Å². The van der Waals surface area contributed by atoms with Crippen LogP contribution in [0.5, 0.6) is 0 Å². The number of carbonyl (C=O) groups is 2. The minimum absolute atomic E-state index is 0.0987. The Kier molecular flexibility index (Phi) is 4.79. The molecule has 2 rings (SSSR count). The Morgan fingerprint density at radius 3 is 2.84 bits per heavy atom. The van der Waals surface area contributed by atoms with Crippen LogP contribution in [-0.4, -0.2) is 35.3 Å². The number of amides is 2. The van der Waals surface area contributed by atoms with Crippen LogP contribution < -0.4 is 0 Å². The monoisotopic (exact) mass is 297 g/mol. The molecule has 1 saturated heterocycles. The standard InChI is InChI=1S/C13H15NO3S2/c1-9(2)17-6-5-14-12(15)11(19-13(14)16)8-10-4-3-7-18-10/h3-4,7-9H,5-6H2,1-2H3/b11-8+. The zero-order valence-electron chi connectivity index (χ0n) is 10.8. The summed E-state index contributed by atoms with van der Waals surface area (Å²) < 4.78 is 5.37. The predicted octanol–water partition coefficient (Wildman–Crippen LogP) is 3.21. The summed E-state index contributed by atoms with van der Waals surface area (Å²) in [5.74, 6) is -0.226. The lowest BCUT2D eigenvalue weighted by molar-refractivity contribution is -0.123. The number of hydrogen-bond donors (Lipinski definition) is 0. The largest absolute Gasteiger partial charge is 0.377 e. The predicted molar refractivity (Wildman–Crippen MR) is 78.1 cm³/mol. The lowest BCUT2D eigenvalue weighted by atomic mass is 10.3. The molecule has 19 heavy (non-hydrogen) atoms. The first kappa shape index (κ1) is 14.3. The van der Waals surface area contributed by atoms with Gasteiger partial charge in [0.15, 0.2) is 0 Å². The molecule has 1 aromatic heterocycles. The van der Waals surface area contributed by atoms with Gasteiger partial charge in [-0.2, -0.15) is 0 Å². The highest BCUT2D eigenvalue weighted by Crippen LogP contribution is 2.32. The Labute approximate surface area is 120 Å². The van der Waals surface area contributed by atoms with Gasteiger partial charge in [-0.3, -0.25) is 14.5 Å². The molecule has 1 aliphatic rings. The molecule has 102 valence electrons. The van der Waals surface area contributed by atoms with E-state index in [1.54, 1.807) is 6.08 Å². The molecule has 0 unspecified atom stereocenters. The lowest BCUT2D eigenvalue weighted by Crippen LogP contribution is -2.32. The maximum atomic E-state index is 12.1. The van der Waals surface area contributed by atoms with Gasteiger partial charge in [-0.15, -0.1) is 11.3 Å². The van der Waals surface area contributed by atoms with Crippen molar-refractivity contribution >= 4 is 40.3 Å². The maximum absolute atomic E-state index is 12.1. The third-order valence-corrected chi connectivity index (χ3v) is 4.18. The highest BCUT2D eigenvalue weighted by Gasteiger charge is 2.34. The highest BCUT2D eigenvalue weighted by atomic mass is 32.2. The van der Waals surface area contributed by atoms with Gasteiger partial charge in [-0.25, -0.2) is 0 Å². The van der Waals surface area contributed by atoms with Crippen molar-refractivity contribution in [3.63, 3.8) is 0 Å². The molecule has 6 heteroatoms. The molecule has 2 amide bonds. The number of carbonyl (C=O) groups excluding carboxylic acids is 2. The van der Waals surface area contributed by atoms with Crippen LogP contribution in [0.25, 0.3) is 6.08 Å². The van der Waals surface area contributed by atoms with Crippen LogP contribution >= 0.6 is 23.1 Å². The number of rotatable bonds is 5. The van der Waals surface area contributed by atoms with E-state index in [2.05, 4.69) is 0 Å². The zero-order chi connectivity index (χ0) is 13.8. The first-order chi connectivity index (χ1) is 9.08. The number of thioether (sulfide) groups is 1. The van der Waals surface area contributed by atoms with Crippen LogP contribution in [0, 0.1) is 0 Å². The fraction of sp³-hybridized carbons (Fsp3) is 0.385. The fourth-order valence-electron chi connectivity index (χ4n) is 1.58. The second kappa shape index (κ2) is 6.36. The van der Waals surface area contributed by atoms with Gasteiger partial charge in [0.2, 0.25) is 0 Å². The SMILES string of the molecule is CC(C)OCCN1C(=O)S/C(=C/c2cccs2)C1=O. The summed E-state index contributed by atoms with van der Waals surface area (Å²) in [6, 6.07) is 3.83. The average Bonchev–Trinajstić information content (AvgIpc) is 2.93. The van der Waals surface area contributed by atoms with Crippen LogP contribution in [0.2, 0.25) is 0 Å². The molecule has 0 aliphatic carbocycles. The molecule has 0 aromatic carbocycles. The third kappa shape index (κ3) is 3.68. The Morgan fingerprint density at radius 2 is 2.21 bits per heavy atom. The molecule has 1 aromatic rings. The molecule has 0 N–H and O–H groups in total. The van der Waals surface area contributed by atoms with Gasteiger partial charge in [0.05, 0.1) is 24.2 Å². The van der Waals surface area contributed by atoms with Gasteiger partial charge in [0, 0.05) is 4.88 Å². The van der Waals surface area contributed by atoms with E-state index < -0.39 is 0 Å². The quantitative estimate of drug-likeness (QED) is 0.783. The first-order valence-corrected chi connectivity index (χ1v) is 7.68. The van der Waals surface area contributed by atoms with Crippen LogP contribution in [-0.2, 0) is 9.53 Å². The molecule has 2 heterocycles. The van der Waals surface area contributed by atoms with Gasteiger partial charge >= 0.3 is 0 Å². The summed E-state index contributed by atoms with van der Waals surface area (Å²) in [5, 5.41) is 1.71. The average molecular weight is 297 g/mol. The summed E-state index contributed by atoms with van der Waals surface area (Å²) in [6.07, 6.45) is 1.86. The zero-order valence-corrected chi connectivity index (χ0v) is 12.4. The van der Waals surface area contributed by atoms with Crippen molar-refractivity contribution in [3.05, 3.63) is 27.3 Å². The fourth-order valence-corrected chi connectivity index (χ4v) is 3.16. The number of hydrogen-bond acceptors (Lipinski definition) is 5. The van der Waals surface area contributed by atoms with E-state index in [1.807, 2.05) is 31.4 Å². The van der Waals surface area contributed by atoms with Crippen LogP contribution in [0.1, 0.15) is 18.7 Å². The van der Waals surface area contributed by atoms with Crippen molar-refractivity contribution in [2.75, 3.05) is 13.2 Å². The third-order valence-electron chi connectivity index (χ3n) is 2.46. The van der Waals surface area contributed by atoms with Gasteiger partial charge in [0.25, 0.3) is 11.1 Å². The summed E-state index contributed by atoms with van der Waals surface area (Å²) in [5.41, 5.74) is 0. The Morgan fingerprint density at radius 1 is 1.42 bits per heavy atom. The minimum Gasteiger partial charge on any atom is -0.377 e. The van der Waals surface area contributed by atoms with Crippen LogP contribution in [0.4, 0.5) is 4.79 Å². The number of ether oxygens (including phenoxy) is 1. The second-order valence-corrected chi connectivity index (χ2v) is 6.24. The van der Waals surface area contributed by atoms with E-state index in [0.29, 0.717) is 18.1 Å². The molecule has 0 radical (unpaired) electrons. The lowest BCUT2D eigenvalue weighted by Gasteiger charge is -2.13. The number of nitrogens with zero attached hydrogens (tertiary/aromatic N) is 1. The summed E-state index contributed by atoms with van der Waals surface area (Å²) in [7, 11) is 0. The topological polar surface area (TPSA) is 46.6 Å². The van der Waals surface area contributed by atoms with Gasteiger partial charge in [-0.1, -0.05) is 6.07 Å². The van der Waals surface area contributed by atoms with E-state index in [9.17, 15) is 9.59 Å². The van der Waals surface area contributed by atoms with Crippen LogP contribution in [0.3, 0.4) is 0 Å². The van der Waals surface area contributed by atoms with Gasteiger partial charge in [-0.05, 0) is 43.1 Å². The maximum Gasteiger partial charge on any atom is 0.293 e. The summed E-state index contributed by atoms with van der Waals surface area (Å²) in [6.45, 7) is 4.53. The van der Waals surface area contributed by atoms with E-state index in [4.69, 9.17) is 4.74 Å². The molecule has 0 atom stereocenters. The second-order valence-electron chi connectivity index (χ2n) is 4.27. The molecule has 4 nitrogen and oxygen atoms in total. The van der Waals surface area contributed by atoms with Crippen molar-refractivity contribution < 1.29 is 14.3 Å². The normalized spacial score (nSPS) is 18.1. The van der Waals surface area contributed by atoms with E-state index in [1.165, 1.54) is 16.2 Å². The molecule has 0 bridgehead atoms. The molecule has 0 spiro atoms. The molecule has 1 fully saturated rings. The van der Waals surface area contributed by atoms with Crippen molar-refractivity contribution in [2.24, 2.45) is 0 Å². The Balaban J connectivity index is 2.00. The summed E-state index contributed by atoms with van der Waals surface area (Å²) >= 11 is 2.53. The molecule has 0 saturated carbocycles. The van der Waals surface area contributed by atoms with Crippen molar-refractivity contribution in [3.8, 4) is 0 Å². The molecular formula is C13H15NO3S2. The smallest absolute Gasteiger partial charge is 0.293 e. The Bertz CT molecular complexity index is 494. The summed E-state index contributed by atoms with van der Waals surface area (Å²) in [4.78, 5) is 26.6. The van der Waals surface area contributed by atoms with Crippen LogP contribution in [0.15, 0.2) is 22.4 Å². The van der Waals surface area contributed by atoms with Gasteiger partial charge < -0.3 is 4.74 Å². The van der Waals surface area contributed by atoms with Gasteiger partial charge in [0.1, 0.15) is 0 Å². The van der Waals surface area contributed by atoms with Crippen molar-refractivity contribution in [1.29, 1.82) is 0 Å². The number of thiophene rings is 1. The number of imide groups is 1. The Hall–Kier alpha value is -1.11. The first-order valence-electron chi connectivity index (χ1n) is 5.98. The van der Waals surface area contributed by atoms with E-state index in [-0.39, 0.29) is 17.3 Å². The highest BCUT2D eigenvalue weighted by molar-refractivity contribution is 8.18. The minimum atomic E-state index is -0.226. The van der Waals surface area contributed by atoms with Crippen molar-refractivity contribution in [2.45, 2.75) is 20.0 Å². The van der Waals surface area contributed by atoms with E-state index >= 15 is 0 Å². The van der Waals surface area contributed by atoms with E-state index in [0.717, 1.165) is 16.6 Å². The molecular weight excluding hydrogens is 282 g/mol.